The fraction of sp³-hybridized carbons (Fsp3) is 0.136. The maximum atomic E-state index is 13.0. The average Bonchev–Trinajstić information content (AvgIpc) is 2.70. The van der Waals surface area contributed by atoms with Gasteiger partial charge < -0.3 is 5.32 Å². The van der Waals surface area contributed by atoms with Crippen LogP contribution >= 0.6 is 0 Å². The van der Waals surface area contributed by atoms with E-state index in [9.17, 15) is 17.6 Å². The van der Waals surface area contributed by atoms with Gasteiger partial charge in [-0.25, -0.2) is 12.8 Å². The van der Waals surface area contributed by atoms with Gasteiger partial charge in [-0.2, -0.15) is 0 Å². The Morgan fingerprint density at radius 1 is 0.931 bits per heavy atom. The van der Waals surface area contributed by atoms with Gasteiger partial charge in [-0.15, -0.1) is 0 Å². The maximum Gasteiger partial charge on any atom is 0.261 e. The molecule has 1 amide bonds. The Bertz CT molecular complexity index is 1100. The molecule has 5 nitrogen and oxygen atoms in total. The van der Waals surface area contributed by atoms with E-state index in [0.29, 0.717) is 13.0 Å². The number of sulfonamides is 1. The molecule has 29 heavy (non-hydrogen) atoms. The van der Waals surface area contributed by atoms with Crippen LogP contribution in [0.2, 0.25) is 0 Å². The highest BCUT2D eigenvalue weighted by Gasteiger charge is 2.18. The molecule has 150 valence electrons. The molecule has 3 aromatic rings. The van der Waals surface area contributed by atoms with Gasteiger partial charge in [-0.05, 0) is 55.3 Å². The van der Waals surface area contributed by atoms with E-state index in [1.807, 2.05) is 6.92 Å². The van der Waals surface area contributed by atoms with Crippen LogP contribution < -0.4 is 10.0 Å². The van der Waals surface area contributed by atoms with Crippen molar-refractivity contribution in [3.05, 3.63) is 95.3 Å². The SMILES string of the molecule is Cc1ccc(S(=O)(=O)Nc2ccccc2C(=O)NCCc2ccc(F)cc2)cc1. The fourth-order valence-corrected chi connectivity index (χ4v) is 3.84. The number of para-hydroxylation sites is 1. The average molecular weight is 412 g/mol. The third-order valence-corrected chi connectivity index (χ3v) is 5.74. The van der Waals surface area contributed by atoms with Gasteiger partial charge in [0.25, 0.3) is 15.9 Å². The van der Waals surface area contributed by atoms with Crippen molar-refractivity contribution >= 4 is 21.6 Å². The fourth-order valence-electron chi connectivity index (χ4n) is 2.76. The van der Waals surface area contributed by atoms with Gasteiger partial charge in [-0.1, -0.05) is 42.0 Å². The molecule has 0 saturated heterocycles. The molecule has 0 aliphatic heterocycles. The van der Waals surface area contributed by atoms with Gasteiger partial charge in [0.05, 0.1) is 16.1 Å². The summed E-state index contributed by atoms with van der Waals surface area (Å²) < 4.78 is 40.7. The highest BCUT2D eigenvalue weighted by molar-refractivity contribution is 7.92. The number of nitrogens with one attached hydrogen (secondary N) is 2. The molecule has 7 heteroatoms. The molecule has 2 N–H and O–H groups in total. The van der Waals surface area contributed by atoms with Gasteiger partial charge in [-0.3, -0.25) is 9.52 Å². The lowest BCUT2D eigenvalue weighted by atomic mass is 10.1. The summed E-state index contributed by atoms with van der Waals surface area (Å²) >= 11 is 0. The van der Waals surface area contributed by atoms with Crippen LogP contribution in [0.3, 0.4) is 0 Å². The number of benzene rings is 3. The van der Waals surface area contributed by atoms with E-state index in [2.05, 4.69) is 10.0 Å². The van der Waals surface area contributed by atoms with E-state index in [-0.39, 0.29) is 22.0 Å². The maximum absolute atomic E-state index is 13.0. The minimum atomic E-state index is -3.82. The summed E-state index contributed by atoms with van der Waals surface area (Å²) in [6.45, 7) is 2.21. The van der Waals surface area contributed by atoms with E-state index in [1.165, 1.54) is 24.3 Å². The molecule has 3 rings (SSSR count). The highest BCUT2D eigenvalue weighted by atomic mass is 32.2. The zero-order chi connectivity index (χ0) is 20.9. The molecule has 0 aliphatic rings. The quantitative estimate of drug-likeness (QED) is 0.618. The molecule has 0 spiro atoms. The van der Waals surface area contributed by atoms with Crippen molar-refractivity contribution in [2.24, 2.45) is 0 Å². The number of rotatable bonds is 7. The van der Waals surface area contributed by atoms with E-state index in [4.69, 9.17) is 0 Å². The van der Waals surface area contributed by atoms with Crippen LogP contribution in [0.5, 0.6) is 0 Å². The third-order valence-electron chi connectivity index (χ3n) is 4.36. The van der Waals surface area contributed by atoms with Crippen LogP contribution in [0.25, 0.3) is 0 Å². The first kappa shape index (κ1) is 20.5. The van der Waals surface area contributed by atoms with E-state index >= 15 is 0 Å². The number of hydrogen-bond acceptors (Lipinski definition) is 3. The molecule has 0 atom stereocenters. The number of aryl methyl sites for hydroxylation is 1. The van der Waals surface area contributed by atoms with Gasteiger partial charge in [0.15, 0.2) is 0 Å². The smallest absolute Gasteiger partial charge is 0.261 e. The lowest BCUT2D eigenvalue weighted by molar-refractivity contribution is 0.0955. The minimum Gasteiger partial charge on any atom is -0.352 e. The lowest BCUT2D eigenvalue weighted by Gasteiger charge is -2.13. The molecule has 0 bridgehead atoms. The van der Waals surface area contributed by atoms with Crippen LogP contribution in [0.4, 0.5) is 10.1 Å². The van der Waals surface area contributed by atoms with Gasteiger partial charge in [0.1, 0.15) is 5.82 Å². The van der Waals surface area contributed by atoms with Gasteiger partial charge in [0.2, 0.25) is 0 Å². The molecular formula is C22H21FN2O3S. The second kappa shape index (κ2) is 8.87. The van der Waals surface area contributed by atoms with Crippen molar-refractivity contribution in [1.82, 2.24) is 5.32 Å². The first-order valence-electron chi connectivity index (χ1n) is 9.06. The first-order valence-corrected chi connectivity index (χ1v) is 10.5. The van der Waals surface area contributed by atoms with Crippen molar-refractivity contribution < 1.29 is 17.6 Å². The number of anilines is 1. The molecule has 0 fully saturated rings. The van der Waals surface area contributed by atoms with Crippen LogP contribution in [-0.2, 0) is 16.4 Å². The molecule has 0 aromatic heterocycles. The molecule has 0 saturated carbocycles. The normalized spacial score (nSPS) is 11.1. The largest absolute Gasteiger partial charge is 0.352 e. The Morgan fingerprint density at radius 2 is 1.59 bits per heavy atom. The molecular weight excluding hydrogens is 391 g/mol. The topological polar surface area (TPSA) is 75.3 Å². The third kappa shape index (κ3) is 5.42. The highest BCUT2D eigenvalue weighted by Crippen LogP contribution is 2.20. The standard InChI is InChI=1S/C22H21FN2O3S/c1-16-6-12-19(13-7-16)29(27,28)25-21-5-3-2-4-20(21)22(26)24-15-14-17-8-10-18(23)11-9-17/h2-13,25H,14-15H2,1H3,(H,24,26). The van der Waals surface area contributed by atoms with Crippen molar-refractivity contribution in [2.75, 3.05) is 11.3 Å². The summed E-state index contributed by atoms with van der Waals surface area (Å²) in [5, 5.41) is 2.77. The summed E-state index contributed by atoms with van der Waals surface area (Å²) in [7, 11) is -3.82. The zero-order valence-electron chi connectivity index (χ0n) is 15.9. The monoisotopic (exact) mass is 412 g/mol. The van der Waals surface area contributed by atoms with Crippen molar-refractivity contribution in [3.63, 3.8) is 0 Å². The van der Waals surface area contributed by atoms with Crippen LogP contribution in [0.1, 0.15) is 21.5 Å². The zero-order valence-corrected chi connectivity index (χ0v) is 16.7. The summed E-state index contributed by atoms with van der Waals surface area (Å²) in [5.74, 6) is -0.707. The Morgan fingerprint density at radius 3 is 2.28 bits per heavy atom. The Balaban J connectivity index is 1.70. The number of carbonyl (C=O) groups is 1. The first-order chi connectivity index (χ1) is 13.8. The summed E-state index contributed by atoms with van der Waals surface area (Å²) in [6.07, 6.45) is 0.531. The second-order valence-corrected chi connectivity index (χ2v) is 8.28. The Kier molecular flexibility index (Phi) is 6.29. The van der Waals surface area contributed by atoms with Crippen LogP contribution in [-0.4, -0.2) is 20.9 Å². The predicted molar refractivity (Wildman–Crippen MR) is 111 cm³/mol. The Hall–Kier alpha value is -3.19. The van der Waals surface area contributed by atoms with Crippen LogP contribution in [0.15, 0.2) is 77.7 Å². The summed E-state index contributed by atoms with van der Waals surface area (Å²) in [4.78, 5) is 12.7. The lowest BCUT2D eigenvalue weighted by Crippen LogP contribution is -2.27. The van der Waals surface area contributed by atoms with Crippen molar-refractivity contribution in [2.45, 2.75) is 18.2 Å². The van der Waals surface area contributed by atoms with Crippen LogP contribution in [0, 0.1) is 12.7 Å². The Labute approximate surface area is 169 Å². The van der Waals surface area contributed by atoms with Gasteiger partial charge in [0, 0.05) is 6.54 Å². The second-order valence-electron chi connectivity index (χ2n) is 6.60. The minimum absolute atomic E-state index is 0.120. The van der Waals surface area contributed by atoms with Gasteiger partial charge >= 0.3 is 0 Å². The number of hydrogen-bond donors (Lipinski definition) is 2. The predicted octanol–water partition coefficient (Wildman–Crippen LogP) is 3.91. The number of halogens is 1. The number of amides is 1. The number of carbonyl (C=O) groups excluding carboxylic acids is 1. The summed E-state index contributed by atoms with van der Waals surface area (Å²) in [5.41, 5.74) is 2.26. The molecule has 0 heterocycles. The molecule has 0 radical (unpaired) electrons. The summed E-state index contributed by atoms with van der Waals surface area (Å²) in [6, 6.07) is 18.9. The van der Waals surface area contributed by atoms with Crippen molar-refractivity contribution in [1.29, 1.82) is 0 Å². The molecule has 3 aromatic carbocycles. The molecule has 0 aliphatic carbocycles. The van der Waals surface area contributed by atoms with Crippen molar-refractivity contribution in [3.8, 4) is 0 Å². The molecule has 0 unspecified atom stereocenters. The van der Waals surface area contributed by atoms with E-state index in [0.717, 1.165) is 11.1 Å². The van der Waals surface area contributed by atoms with E-state index < -0.39 is 15.9 Å². The van der Waals surface area contributed by atoms with E-state index in [1.54, 1.807) is 48.5 Å².